The molecule has 0 bridgehead atoms. The van der Waals surface area contributed by atoms with Crippen LogP contribution in [0.1, 0.15) is 0 Å². The van der Waals surface area contributed by atoms with Gasteiger partial charge in [0.25, 0.3) is 0 Å². The molecule has 4 rings (SSSR count). The summed E-state index contributed by atoms with van der Waals surface area (Å²) in [6.07, 6.45) is 1.58. The van der Waals surface area contributed by atoms with E-state index in [1.807, 2.05) is 0 Å². The fourth-order valence-electron chi connectivity index (χ4n) is 2.70. The van der Waals surface area contributed by atoms with E-state index in [1.54, 1.807) is 49.7 Å². The van der Waals surface area contributed by atoms with Crippen LogP contribution in [0.4, 0.5) is 0 Å². The number of hydrogen-bond acceptors (Lipinski definition) is 8. The Balaban J connectivity index is 1.73. The first-order valence-electron chi connectivity index (χ1n) is 7.51. The fraction of sp³-hybridized carbons (Fsp3) is 0.118. The lowest BCUT2D eigenvalue weighted by Gasteiger charge is -2.08. The van der Waals surface area contributed by atoms with Crippen LogP contribution >= 0.6 is 8.25 Å². The van der Waals surface area contributed by atoms with Crippen LogP contribution in [0.15, 0.2) is 47.1 Å². The van der Waals surface area contributed by atoms with Gasteiger partial charge in [-0.1, -0.05) is 17.3 Å². The zero-order chi connectivity index (χ0) is 18.1. The maximum absolute atomic E-state index is 10.6. The average Bonchev–Trinajstić information content (AvgIpc) is 3.30. The van der Waals surface area contributed by atoms with Crippen LogP contribution in [-0.2, 0) is 4.57 Å². The van der Waals surface area contributed by atoms with Crippen molar-refractivity contribution in [1.29, 1.82) is 0 Å². The van der Waals surface area contributed by atoms with E-state index in [0.29, 0.717) is 28.6 Å². The molecule has 1 aliphatic heterocycles. The monoisotopic (exact) mass is 373 g/mol. The van der Waals surface area contributed by atoms with Gasteiger partial charge < -0.3 is 23.6 Å². The molecular formula is C17H12NO7P. The van der Waals surface area contributed by atoms with Crippen molar-refractivity contribution in [1.82, 2.24) is 5.16 Å². The largest absolute Gasteiger partial charge is 0.558 e. The Labute approximate surface area is 148 Å². The number of fused-ring (bicyclic) bond motifs is 1. The lowest BCUT2D eigenvalue weighted by Crippen LogP contribution is -1.93. The number of hydrogen-bond donors (Lipinski definition) is 0. The Bertz CT molecular complexity index is 968. The van der Waals surface area contributed by atoms with Gasteiger partial charge >= 0.3 is 8.25 Å². The third kappa shape index (κ3) is 2.96. The summed E-state index contributed by atoms with van der Waals surface area (Å²) in [5, 5.41) is 3.88. The molecule has 0 fully saturated rings. The maximum Gasteiger partial charge on any atom is 0.539 e. The highest BCUT2D eigenvalue weighted by Crippen LogP contribution is 2.45. The number of ether oxygens (including phenoxy) is 3. The second-order valence-corrected chi connectivity index (χ2v) is 5.95. The van der Waals surface area contributed by atoms with Crippen molar-refractivity contribution < 1.29 is 32.7 Å². The Kier molecular flexibility index (Phi) is 4.20. The molecule has 1 aromatic heterocycles. The summed E-state index contributed by atoms with van der Waals surface area (Å²) in [6, 6.07) is 10.1. The van der Waals surface area contributed by atoms with Crippen LogP contribution in [0, 0.1) is 0 Å². The van der Waals surface area contributed by atoms with E-state index in [9.17, 15) is 9.46 Å². The summed E-state index contributed by atoms with van der Waals surface area (Å²) < 4.78 is 36.9. The maximum atomic E-state index is 10.6. The van der Waals surface area contributed by atoms with Gasteiger partial charge in [-0.3, -0.25) is 4.52 Å². The van der Waals surface area contributed by atoms with Gasteiger partial charge in [0, 0.05) is 11.1 Å². The highest BCUT2D eigenvalue weighted by molar-refractivity contribution is 7.31. The summed E-state index contributed by atoms with van der Waals surface area (Å²) >= 11 is 0. The molecule has 0 N–H and O–H groups in total. The van der Waals surface area contributed by atoms with Gasteiger partial charge in [0.1, 0.15) is 0 Å². The molecule has 0 saturated carbocycles. The Morgan fingerprint density at radius 1 is 1.15 bits per heavy atom. The van der Waals surface area contributed by atoms with Gasteiger partial charge in [-0.15, -0.1) is 0 Å². The van der Waals surface area contributed by atoms with Crippen molar-refractivity contribution in [2.45, 2.75) is 0 Å². The SMILES string of the molecule is COc1cc(-c2oncc2-c2ccc(O[P+](=O)[O-])cc2)cc2c1OCO2. The first kappa shape index (κ1) is 16.4. The van der Waals surface area contributed by atoms with Gasteiger partial charge in [-0.25, -0.2) is 0 Å². The molecule has 0 aliphatic carbocycles. The van der Waals surface area contributed by atoms with Crippen molar-refractivity contribution in [3.05, 3.63) is 42.6 Å². The van der Waals surface area contributed by atoms with E-state index in [-0.39, 0.29) is 12.5 Å². The molecule has 2 aromatic carbocycles. The normalized spacial score (nSPS) is 12.8. The number of aromatic nitrogens is 1. The molecule has 0 radical (unpaired) electrons. The third-order valence-electron chi connectivity index (χ3n) is 3.84. The lowest BCUT2D eigenvalue weighted by atomic mass is 10.0. The van der Waals surface area contributed by atoms with E-state index in [4.69, 9.17) is 18.7 Å². The molecule has 9 heteroatoms. The minimum atomic E-state index is -2.95. The van der Waals surface area contributed by atoms with E-state index in [2.05, 4.69) is 9.68 Å². The van der Waals surface area contributed by atoms with E-state index in [0.717, 1.165) is 11.1 Å². The molecule has 1 atom stereocenters. The van der Waals surface area contributed by atoms with Crippen molar-refractivity contribution in [2.75, 3.05) is 13.9 Å². The summed E-state index contributed by atoms with van der Waals surface area (Å²) in [7, 11) is -1.41. The zero-order valence-electron chi connectivity index (χ0n) is 13.5. The molecule has 8 nitrogen and oxygen atoms in total. The molecule has 132 valence electrons. The summed E-state index contributed by atoms with van der Waals surface area (Å²) in [5.41, 5.74) is 2.22. The predicted octanol–water partition coefficient (Wildman–Crippen LogP) is 3.14. The molecule has 1 unspecified atom stereocenters. The Hall–Kier alpha value is -3.09. The van der Waals surface area contributed by atoms with Crippen molar-refractivity contribution in [2.24, 2.45) is 0 Å². The second kappa shape index (κ2) is 6.67. The molecular weight excluding hydrogens is 361 g/mol. The molecule has 2 heterocycles. The smallest absolute Gasteiger partial charge is 0.539 e. The average molecular weight is 373 g/mol. The van der Waals surface area contributed by atoms with Gasteiger partial charge in [-0.2, -0.15) is 0 Å². The first-order valence-corrected chi connectivity index (χ1v) is 8.60. The fourth-order valence-corrected chi connectivity index (χ4v) is 2.99. The third-order valence-corrected chi connectivity index (χ3v) is 4.20. The van der Waals surface area contributed by atoms with Crippen LogP contribution in [-0.4, -0.2) is 19.1 Å². The van der Waals surface area contributed by atoms with Crippen molar-refractivity contribution in [3.8, 4) is 45.4 Å². The van der Waals surface area contributed by atoms with E-state index >= 15 is 0 Å². The molecule has 0 amide bonds. The van der Waals surface area contributed by atoms with Crippen molar-refractivity contribution in [3.63, 3.8) is 0 Å². The van der Waals surface area contributed by atoms with Gasteiger partial charge in [0.05, 0.1) is 13.3 Å². The minimum Gasteiger partial charge on any atom is -0.558 e. The summed E-state index contributed by atoms with van der Waals surface area (Å²) in [4.78, 5) is 10.6. The second-order valence-electron chi connectivity index (χ2n) is 5.32. The van der Waals surface area contributed by atoms with Crippen LogP contribution in [0.3, 0.4) is 0 Å². The number of rotatable bonds is 5. The molecule has 3 aromatic rings. The van der Waals surface area contributed by atoms with Gasteiger partial charge in [0.15, 0.2) is 23.0 Å². The standard InChI is InChI=1S/C17H12NO7P/c1-21-14-6-11(7-15-17(14)23-9-22-15)16-13(8-18-24-16)10-2-4-12(5-3-10)25-26(19)20/h2-8H,9H2,1H3. The van der Waals surface area contributed by atoms with Crippen LogP contribution < -0.4 is 23.6 Å². The van der Waals surface area contributed by atoms with E-state index in [1.165, 1.54) is 0 Å². The quantitative estimate of drug-likeness (QED) is 0.629. The Morgan fingerprint density at radius 3 is 2.69 bits per heavy atom. The molecule has 1 aliphatic rings. The summed E-state index contributed by atoms with van der Waals surface area (Å²) in [6.45, 7) is 0.127. The van der Waals surface area contributed by atoms with E-state index < -0.39 is 8.25 Å². The number of nitrogens with zero attached hydrogens (tertiary/aromatic N) is 1. The topological polar surface area (TPSA) is 103 Å². The molecule has 0 saturated heterocycles. The van der Waals surface area contributed by atoms with Crippen molar-refractivity contribution >= 4 is 8.25 Å². The van der Waals surface area contributed by atoms with Gasteiger partial charge in [0.2, 0.25) is 12.5 Å². The summed E-state index contributed by atoms with van der Waals surface area (Å²) in [5.74, 6) is 2.38. The lowest BCUT2D eigenvalue weighted by molar-refractivity contribution is -0.178. The highest BCUT2D eigenvalue weighted by atomic mass is 31.1. The van der Waals surface area contributed by atoms with Crippen LogP contribution in [0.5, 0.6) is 23.0 Å². The Morgan fingerprint density at radius 2 is 1.96 bits per heavy atom. The zero-order valence-corrected chi connectivity index (χ0v) is 14.4. The first-order chi connectivity index (χ1) is 12.7. The van der Waals surface area contributed by atoms with Crippen LogP contribution in [0.2, 0.25) is 0 Å². The van der Waals surface area contributed by atoms with Gasteiger partial charge in [-0.05, 0) is 34.4 Å². The predicted molar refractivity (Wildman–Crippen MR) is 88.3 cm³/mol. The number of methoxy groups -OCH3 is 1. The highest BCUT2D eigenvalue weighted by Gasteiger charge is 2.23. The minimum absolute atomic E-state index is 0.127. The molecule has 26 heavy (non-hydrogen) atoms. The van der Waals surface area contributed by atoms with Crippen LogP contribution in [0.25, 0.3) is 22.5 Å². The number of benzene rings is 2. The molecule has 0 spiro atoms.